The number of benzene rings is 1. The summed E-state index contributed by atoms with van der Waals surface area (Å²) in [4.78, 5) is 26.4. The van der Waals surface area contributed by atoms with Crippen LogP contribution < -0.4 is 16.0 Å². The summed E-state index contributed by atoms with van der Waals surface area (Å²) in [5.41, 5.74) is 1.00. The van der Waals surface area contributed by atoms with Crippen molar-refractivity contribution in [2.75, 3.05) is 26.7 Å². The minimum absolute atomic E-state index is 0. The molecule has 1 aliphatic heterocycles. The number of nitrogens with one attached hydrogen (secondary N) is 3. The first kappa shape index (κ1) is 22.4. The van der Waals surface area contributed by atoms with Crippen LogP contribution in [0.2, 0.25) is 0 Å². The molecule has 0 aromatic heterocycles. The molecule has 0 bridgehead atoms. The summed E-state index contributed by atoms with van der Waals surface area (Å²) in [6.07, 6.45) is 3.41. The van der Waals surface area contributed by atoms with E-state index in [1.54, 1.807) is 0 Å². The Morgan fingerprint density at radius 3 is 2.46 bits per heavy atom. The normalized spacial score (nSPS) is 16.4. The predicted octanol–water partition coefficient (Wildman–Crippen LogP) is 2.14. The molecule has 1 fully saturated rings. The van der Waals surface area contributed by atoms with E-state index in [1.807, 2.05) is 44.3 Å². The van der Waals surface area contributed by atoms with Crippen molar-refractivity contribution in [1.29, 1.82) is 0 Å². The Labute approximate surface area is 162 Å². The Hall–Kier alpha value is -1.63. The third kappa shape index (κ3) is 7.32. The zero-order valence-corrected chi connectivity index (χ0v) is 16.5. The Balaban J connectivity index is 0.00000338. The van der Waals surface area contributed by atoms with Crippen molar-refractivity contribution in [1.82, 2.24) is 20.9 Å². The van der Waals surface area contributed by atoms with Gasteiger partial charge in [-0.05, 0) is 64.3 Å². The molecular formula is C19H31ClN4O2. The van der Waals surface area contributed by atoms with Crippen molar-refractivity contribution in [2.45, 2.75) is 38.8 Å². The molecule has 0 spiro atoms. The quantitative estimate of drug-likeness (QED) is 0.675. The first-order chi connectivity index (χ1) is 12.1. The molecule has 1 saturated heterocycles. The molecule has 0 aliphatic carbocycles. The lowest BCUT2D eigenvalue weighted by atomic mass is 9.93. The number of hydrogen-bond donors (Lipinski definition) is 3. The number of imide groups is 1. The first-order valence-corrected chi connectivity index (χ1v) is 9.11. The monoisotopic (exact) mass is 382 g/mol. The maximum absolute atomic E-state index is 12.3. The molecule has 0 radical (unpaired) electrons. The predicted molar refractivity (Wildman–Crippen MR) is 106 cm³/mol. The second kappa shape index (κ2) is 11.9. The lowest BCUT2D eigenvalue weighted by molar-refractivity contribution is -0.125. The molecule has 1 aromatic rings. The molecule has 3 amide bonds. The Morgan fingerprint density at radius 2 is 1.85 bits per heavy atom. The van der Waals surface area contributed by atoms with Crippen LogP contribution in [0.25, 0.3) is 0 Å². The molecule has 26 heavy (non-hydrogen) atoms. The summed E-state index contributed by atoms with van der Waals surface area (Å²) in [5, 5.41) is 8.36. The smallest absolute Gasteiger partial charge is 0.321 e. The van der Waals surface area contributed by atoms with Gasteiger partial charge < -0.3 is 10.6 Å². The summed E-state index contributed by atoms with van der Waals surface area (Å²) >= 11 is 0. The van der Waals surface area contributed by atoms with Crippen molar-refractivity contribution in [3.63, 3.8) is 0 Å². The van der Waals surface area contributed by atoms with Gasteiger partial charge in [0.1, 0.15) is 0 Å². The number of hydrogen-bond acceptors (Lipinski definition) is 4. The van der Waals surface area contributed by atoms with Gasteiger partial charge in [-0.25, -0.2) is 4.79 Å². The molecule has 146 valence electrons. The van der Waals surface area contributed by atoms with Crippen LogP contribution in [0.1, 0.15) is 31.7 Å². The number of piperidine rings is 1. The van der Waals surface area contributed by atoms with Crippen molar-refractivity contribution in [2.24, 2.45) is 5.92 Å². The van der Waals surface area contributed by atoms with Crippen LogP contribution in [0, 0.1) is 5.92 Å². The molecule has 1 unspecified atom stereocenters. The number of rotatable bonds is 7. The second-order valence-corrected chi connectivity index (χ2v) is 6.71. The molecule has 1 atom stereocenters. The molecule has 6 nitrogen and oxygen atoms in total. The summed E-state index contributed by atoms with van der Waals surface area (Å²) in [6, 6.07) is 8.91. The van der Waals surface area contributed by atoms with Gasteiger partial charge in [-0.3, -0.25) is 15.0 Å². The Morgan fingerprint density at radius 1 is 1.19 bits per heavy atom. The molecule has 0 saturated carbocycles. The van der Waals surface area contributed by atoms with Gasteiger partial charge in [0.05, 0.1) is 6.04 Å². The fourth-order valence-electron chi connectivity index (χ4n) is 3.18. The van der Waals surface area contributed by atoms with E-state index in [1.165, 1.54) is 6.42 Å². The number of carbonyl (C=O) groups is 2. The van der Waals surface area contributed by atoms with Gasteiger partial charge in [0.25, 0.3) is 0 Å². The maximum Gasteiger partial charge on any atom is 0.321 e. The van der Waals surface area contributed by atoms with Gasteiger partial charge in [0.2, 0.25) is 5.91 Å². The number of amides is 3. The number of likely N-dealkylation sites (tertiary alicyclic amines) is 1. The van der Waals surface area contributed by atoms with Gasteiger partial charge in [-0.15, -0.1) is 12.4 Å². The Bertz CT molecular complexity index is 548. The van der Waals surface area contributed by atoms with Crippen molar-refractivity contribution in [3.8, 4) is 0 Å². The van der Waals surface area contributed by atoms with Crippen LogP contribution in [0.3, 0.4) is 0 Å². The molecule has 3 N–H and O–H groups in total. The highest BCUT2D eigenvalue weighted by molar-refractivity contribution is 5.96. The Kier molecular flexibility index (Phi) is 10.2. The van der Waals surface area contributed by atoms with Crippen LogP contribution in [-0.2, 0) is 11.3 Å². The zero-order valence-electron chi connectivity index (χ0n) is 15.7. The van der Waals surface area contributed by atoms with E-state index in [-0.39, 0.29) is 24.4 Å². The number of halogens is 1. The van der Waals surface area contributed by atoms with E-state index < -0.39 is 6.03 Å². The molecule has 7 heteroatoms. The minimum Gasteiger partial charge on any atom is -0.334 e. The minimum atomic E-state index is -0.440. The van der Waals surface area contributed by atoms with Crippen molar-refractivity contribution < 1.29 is 9.59 Å². The van der Waals surface area contributed by atoms with Gasteiger partial charge in [-0.2, -0.15) is 0 Å². The maximum atomic E-state index is 12.3. The van der Waals surface area contributed by atoms with E-state index in [9.17, 15) is 9.59 Å². The van der Waals surface area contributed by atoms with Crippen LogP contribution in [-0.4, -0.2) is 49.6 Å². The van der Waals surface area contributed by atoms with Gasteiger partial charge >= 0.3 is 6.03 Å². The molecular weight excluding hydrogens is 352 g/mol. The molecule has 1 aromatic carbocycles. The lowest BCUT2D eigenvalue weighted by Gasteiger charge is -2.35. The summed E-state index contributed by atoms with van der Waals surface area (Å²) in [6.45, 7) is 5.14. The topological polar surface area (TPSA) is 73.5 Å². The highest BCUT2D eigenvalue weighted by atomic mass is 35.5. The largest absolute Gasteiger partial charge is 0.334 e. The summed E-state index contributed by atoms with van der Waals surface area (Å²) in [7, 11) is 1.98. The summed E-state index contributed by atoms with van der Waals surface area (Å²) in [5.74, 6) is 0.493. The lowest BCUT2D eigenvalue weighted by Crippen LogP contribution is -2.51. The molecule has 2 rings (SSSR count). The van der Waals surface area contributed by atoms with Crippen LogP contribution in [0.5, 0.6) is 0 Å². The SMILES string of the molecule is CNCCC1CCN(C(C)C(=O)NC(=O)NCc2ccccc2)CC1.Cl. The summed E-state index contributed by atoms with van der Waals surface area (Å²) < 4.78 is 0. The average molecular weight is 383 g/mol. The van der Waals surface area contributed by atoms with Gasteiger partial charge in [-0.1, -0.05) is 30.3 Å². The fourth-order valence-corrected chi connectivity index (χ4v) is 3.18. The molecule has 1 heterocycles. The number of nitrogens with zero attached hydrogens (tertiary/aromatic N) is 1. The van der Waals surface area contributed by atoms with E-state index in [4.69, 9.17) is 0 Å². The van der Waals surface area contributed by atoms with Crippen molar-refractivity contribution in [3.05, 3.63) is 35.9 Å². The highest BCUT2D eigenvalue weighted by Gasteiger charge is 2.27. The standard InChI is InChI=1S/C19H30N4O2.ClH/c1-15(23-12-9-16(10-13-23)8-11-20-2)18(24)22-19(25)21-14-17-6-4-3-5-7-17;/h3-7,15-16,20H,8-14H2,1-2H3,(H2,21,22,24,25);1H. The van der Waals surface area contributed by atoms with E-state index >= 15 is 0 Å². The highest BCUT2D eigenvalue weighted by Crippen LogP contribution is 2.21. The van der Waals surface area contributed by atoms with E-state index in [2.05, 4.69) is 20.9 Å². The van der Waals surface area contributed by atoms with Crippen LogP contribution in [0.15, 0.2) is 30.3 Å². The zero-order chi connectivity index (χ0) is 18.1. The van der Waals surface area contributed by atoms with Gasteiger partial charge in [0, 0.05) is 6.54 Å². The van der Waals surface area contributed by atoms with E-state index in [0.717, 1.165) is 44.0 Å². The molecule has 1 aliphatic rings. The van der Waals surface area contributed by atoms with Gasteiger partial charge in [0.15, 0.2) is 0 Å². The number of urea groups is 1. The van der Waals surface area contributed by atoms with E-state index in [0.29, 0.717) is 6.54 Å². The van der Waals surface area contributed by atoms with Crippen LogP contribution >= 0.6 is 12.4 Å². The third-order valence-corrected chi connectivity index (χ3v) is 4.91. The second-order valence-electron chi connectivity index (χ2n) is 6.71. The van der Waals surface area contributed by atoms with Crippen molar-refractivity contribution >= 4 is 24.3 Å². The van der Waals surface area contributed by atoms with Crippen LogP contribution in [0.4, 0.5) is 4.79 Å². The number of carbonyl (C=O) groups excluding carboxylic acids is 2. The fraction of sp³-hybridized carbons (Fsp3) is 0.579. The first-order valence-electron chi connectivity index (χ1n) is 9.11. The average Bonchev–Trinajstić information content (AvgIpc) is 2.65. The third-order valence-electron chi connectivity index (χ3n) is 4.91.